The van der Waals surface area contributed by atoms with Crippen LogP contribution >= 0.6 is 11.8 Å². The molecule has 4 aromatic rings. The van der Waals surface area contributed by atoms with Crippen molar-refractivity contribution in [3.63, 3.8) is 0 Å². The number of nitrogens with zero attached hydrogens (tertiary/aromatic N) is 5. The molecule has 0 aliphatic carbocycles. The Kier molecular flexibility index (Phi) is 5.62. The van der Waals surface area contributed by atoms with Gasteiger partial charge in [-0.15, -0.1) is 10.2 Å². The van der Waals surface area contributed by atoms with E-state index in [0.29, 0.717) is 18.7 Å². The van der Waals surface area contributed by atoms with Gasteiger partial charge in [0.15, 0.2) is 10.8 Å². The number of aryl methyl sites for hydroxylation is 2. The van der Waals surface area contributed by atoms with Crippen molar-refractivity contribution in [3.05, 3.63) is 71.9 Å². The summed E-state index contributed by atoms with van der Waals surface area (Å²) in [5, 5.41) is 12.1. The third kappa shape index (κ3) is 4.32. The monoisotopic (exact) mass is 406 g/mol. The van der Waals surface area contributed by atoms with Gasteiger partial charge >= 0.3 is 0 Å². The highest BCUT2D eigenvalue weighted by molar-refractivity contribution is 7.99. The molecule has 4 rings (SSSR count). The molecule has 0 bridgehead atoms. The lowest BCUT2D eigenvalue weighted by Gasteiger charge is -2.11. The van der Waals surface area contributed by atoms with Crippen molar-refractivity contribution in [2.24, 2.45) is 0 Å². The van der Waals surface area contributed by atoms with Gasteiger partial charge in [0.05, 0.1) is 11.4 Å². The fourth-order valence-corrected chi connectivity index (χ4v) is 4.01. The molecule has 0 unspecified atom stereocenters. The van der Waals surface area contributed by atoms with E-state index in [4.69, 9.17) is 0 Å². The Balaban J connectivity index is 1.32. The molecule has 7 nitrogen and oxygen atoms in total. The summed E-state index contributed by atoms with van der Waals surface area (Å²) in [6.45, 7) is 4.67. The number of hydrogen-bond donors (Lipinski definition) is 1. The topological polar surface area (TPSA) is 77.1 Å². The second-order valence-corrected chi connectivity index (χ2v) is 7.75. The number of pyridine rings is 1. The molecule has 3 heterocycles. The zero-order valence-electron chi connectivity index (χ0n) is 16.4. The Bertz CT molecular complexity index is 1150. The first kappa shape index (κ1) is 19.2. The number of rotatable bonds is 7. The minimum atomic E-state index is -0.0287. The van der Waals surface area contributed by atoms with E-state index >= 15 is 0 Å². The summed E-state index contributed by atoms with van der Waals surface area (Å²) in [5.41, 5.74) is 4.28. The molecule has 1 N–H and O–H groups in total. The van der Waals surface area contributed by atoms with Gasteiger partial charge in [0.2, 0.25) is 5.91 Å². The number of carbonyl (C=O) groups excluding carboxylic acids is 1. The summed E-state index contributed by atoms with van der Waals surface area (Å²) in [7, 11) is 0. The number of thioether (sulfide) groups is 1. The normalized spacial score (nSPS) is 11.1. The quantitative estimate of drug-likeness (QED) is 0.478. The SMILES string of the molecule is Cc1ccc(-n2ccnc2SCC(=O)NCCc2nnc3ccccn23)c(C)c1. The van der Waals surface area contributed by atoms with E-state index in [9.17, 15) is 4.79 Å². The Morgan fingerprint density at radius 2 is 2.03 bits per heavy atom. The molecule has 3 aromatic heterocycles. The molecule has 29 heavy (non-hydrogen) atoms. The highest BCUT2D eigenvalue weighted by Gasteiger charge is 2.11. The van der Waals surface area contributed by atoms with Gasteiger partial charge in [-0.1, -0.05) is 35.5 Å². The number of nitrogens with one attached hydrogen (secondary N) is 1. The third-order valence-electron chi connectivity index (χ3n) is 4.61. The first-order valence-corrected chi connectivity index (χ1v) is 10.4. The van der Waals surface area contributed by atoms with E-state index in [2.05, 4.69) is 52.5 Å². The molecule has 8 heteroatoms. The summed E-state index contributed by atoms with van der Waals surface area (Å²) >= 11 is 1.43. The number of aromatic nitrogens is 5. The minimum Gasteiger partial charge on any atom is -0.355 e. The zero-order valence-corrected chi connectivity index (χ0v) is 17.2. The van der Waals surface area contributed by atoms with E-state index in [-0.39, 0.29) is 5.91 Å². The number of imidazole rings is 1. The molecule has 0 saturated heterocycles. The van der Waals surface area contributed by atoms with Gasteiger partial charge in [-0.05, 0) is 37.6 Å². The highest BCUT2D eigenvalue weighted by atomic mass is 32.2. The molecule has 1 amide bonds. The number of amides is 1. The lowest BCUT2D eigenvalue weighted by Crippen LogP contribution is -2.27. The van der Waals surface area contributed by atoms with E-state index in [1.807, 2.05) is 39.6 Å². The Hall–Kier alpha value is -3.13. The van der Waals surface area contributed by atoms with E-state index in [1.165, 1.54) is 22.9 Å². The van der Waals surface area contributed by atoms with Crippen molar-refractivity contribution in [1.82, 2.24) is 29.5 Å². The first-order valence-electron chi connectivity index (χ1n) is 9.41. The Morgan fingerprint density at radius 3 is 2.90 bits per heavy atom. The summed E-state index contributed by atoms with van der Waals surface area (Å²) in [6, 6.07) is 12.1. The first-order chi connectivity index (χ1) is 14.1. The molecule has 1 aromatic carbocycles. The predicted octanol–water partition coefficient (Wildman–Crippen LogP) is 2.98. The largest absolute Gasteiger partial charge is 0.355 e. The maximum Gasteiger partial charge on any atom is 0.230 e. The van der Waals surface area contributed by atoms with Gasteiger partial charge in [-0.3, -0.25) is 13.8 Å². The van der Waals surface area contributed by atoms with E-state index < -0.39 is 0 Å². The standard InChI is InChI=1S/C21H22N6OS/c1-15-6-7-17(16(2)13-15)26-12-10-23-21(26)29-14-20(28)22-9-8-19-25-24-18-5-3-4-11-27(18)19/h3-7,10-13H,8-9,14H2,1-2H3,(H,22,28). The van der Waals surface area contributed by atoms with Crippen LogP contribution in [0.15, 0.2) is 60.1 Å². The fraction of sp³-hybridized carbons (Fsp3) is 0.238. The second kappa shape index (κ2) is 8.48. The van der Waals surface area contributed by atoms with Crippen molar-refractivity contribution in [3.8, 4) is 5.69 Å². The second-order valence-electron chi connectivity index (χ2n) is 6.80. The molecule has 0 spiro atoms. The van der Waals surface area contributed by atoms with Crippen LogP contribution in [-0.4, -0.2) is 42.4 Å². The van der Waals surface area contributed by atoms with Crippen LogP contribution in [-0.2, 0) is 11.2 Å². The van der Waals surface area contributed by atoms with Crippen molar-refractivity contribution < 1.29 is 4.79 Å². The molecule has 0 atom stereocenters. The van der Waals surface area contributed by atoms with Crippen LogP contribution in [0.3, 0.4) is 0 Å². The molecule has 0 radical (unpaired) electrons. The van der Waals surface area contributed by atoms with Crippen LogP contribution < -0.4 is 5.32 Å². The van der Waals surface area contributed by atoms with Gasteiger partial charge in [-0.2, -0.15) is 0 Å². The summed E-state index contributed by atoms with van der Waals surface area (Å²) in [5.74, 6) is 1.11. The van der Waals surface area contributed by atoms with Crippen molar-refractivity contribution in [2.75, 3.05) is 12.3 Å². The summed E-state index contributed by atoms with van der Waals surface area (Å²) in [4.78, 5) is 16.7. The molecule has 0 aliphatic heterocycles. The summed E-state index contributed by atoms with van der Waals surface area (Å²) < 4.78 is 3.96. The fourth-order valence-electron chi connectivity index (χ4n) is 3.21. The van der Waals surface area contributed by atoms with E-state index in [0.717, 1.165) is 22.3 Å². The maximum atomic E-state index is 12.3. The molecular formula is C21H22N6OS. The van der Waals surface area contributed by atoms with Gasteiger partial charge in [-0.25, -0.2) is 4.98 Å². The number of fused-ring (bicyclic) bond motifs is 1. The van der Waals surface area contributed by atoms with Gasteiger partial charge in [0.1, 0.15) is 5.82 Å². The predicted molar refractivity (Wildman–Crippen MR) is 113 cm³/mol. The van der Waals surface area contributed by atoms with Crippen molar-refractivity contribution >= 4 is 23.3 Å². The number of benzene rings is 1. The molecule has 148 valence electrons. The van der Waals surface area contributed by atoms with E-state index in [1.54, 1.807) is 6.20 Å². The van der Waals surface area contributed by atoms with Gasteiger partial charge in [0, 0.05) is 31.6 Å². The van der Waals surface area contributed by atoms with Crippen LogP contribution in [0.1, 0.15) is 17.0 Å². The number of hydrogen-bond acceptors (Lipinski definition) is 5. The molecule has 0 saturated carbocycles. The average Bonchev–Trinajstić information content (AvgIpc) is 3.34. The minimum absolute atomic E-state index is 0.0287. The maximum absolute atomic E-state index is 12.3. The van der Waals surface area contributed by atoms with Crippen LogP contribution in [0.4, 0.5) is 0 Å². The van der Waals surface area contributed by atoms with Crippen molar-refractivity contribution in [2.45, 2.75) is 25.4 Å². The van der Waals surface area contributed by atoms with Crippen molar-refractivity contribution in [1.29, 1.82) is 0 Å². The van der Waals surface area contributed by atoms with Crippen LogP contribution in [0.5, 0.6) is 0 Å². The zero-order chi connectivity index (χ0) is 20.2. The smallest absolute Gasteiger partial charge is 0.230 e. The van der Waals surface area contributed by atoms with Gasteiger partial charge in [0.25, 0.3) is 0 Å². The molecular weight excluding hydrogens is 384 g/mol. The summed E-state index contributed by atoms with van der Waals surface area (Å²) in [6.07, 6.45) is 6.23. The Labute approximate surface area is 173 Å². The van der Waals surface area contributed by atoms with Crippen LogP contribution in [0, 0.1) is 13.8 Å². The average molecular weight is 407 g/mol. The number of carbonyl (C=O) groups is 1. The van der Waals surface area contributed by atoms with Gasteiger partial charge < -0.3 is 5.32 Å². The lowest BCUT2D eigenvalue weighted by molar-refractivity contribution is -0.118. The van der Waals surface area contributed by atoms with Crippen LogP contribution in [0.25, 0.3) is 11.3 Å². The Morgan fingerprint density at radius 1 is 1.14 bits per heavy atom. The molecule has 0 fully saturated rings. The lowest BCUT2D eigenvalue weighted by atomic mass is 10.1. The molecule has 0 aliphatic rings. The van der Waals surface area contributed by atoms with Crippen LogP contribution in [0.2, 0.25) is 0 Å². The highest BCUT2D eigenvalue weighted by Crippen LogP contribution is 2.23. The third-order valence-corrected chi connectivity index (χ3v) is 5.57.